The van der Waals surface area contributed by atoms with Crippen LogP contribution in [0.3, 0.4) is 0 Å². The number of anilines is 1. The van der Waals surface area contributed by atoms with Crippen LogP contribution < -0.4 is 10.2 Å². The van der Waals surface area contributed by atoms with E-state index in [2.05, 4.69) is 16.8 Å². The van der Waals surface area contributed by atoms with Crippen molar-refractivity contribution in [2.75, 3.05) is 4.90 Å². The first-order valence-electron chi connectivity index (χ1n) is 14.0. The summed E-state index contributed by atoms with van der Waals surface area (Å²) in [6.45, 7) is 2.50. The predicted molar refractivity (Wildman–Crippen MR) is 154 cm³/mol. The molecule has 1 aromatic heterocycles. The second-order valence-electron chi connectivity index (χ2n) is 10.8. The Bertz CT molecular complexity index is 1620. The number of aromatic carboxylic acids is 1. The molecule has 1 spiro atoms. The Balaban J connectivity index is 1.39. The first-order chi connectivity index (χ1) is 19.4. The second kappa shape index (κ2) is 10.3. The van der Waals surface area contributed by atoms with E-state index >= 15 is 0 Å². The SMILES string of the molecule is CCCc1nc2ccc(N3C(=O)NC4(CCCCC4)C3=O)cc2n1Cc1ccc(-c2ccccc2)c(C(=O)O)c1. The number of carbonyl (C=O) groups is 3. The van der Waals surface area contributed by atoms with Gasteiger partial charge in [0, 0.05) is 13.0 Å². The molecule has 2 aliphatic rings. The molecule has 2 N–H and O–H groups in total. The minimum absolute atomic E-state index is 0.181. The molecule has 0 bridgehead atoms. The van der Waals surface area contributed by atoms with Crippen LogP contribution in [0.1, 0.15) is 67.2 Å². The van der Waals surface area contributed by atoms with Gasteiger partial charge in [0.05, 0.1) is 22.3 Å². The summed E-state index contributed by atoms with van der Waals surface area (Å²) in [5.74, 6) is -0.291. The summed E-state index contributed by atoms with van der Waals surface area (Å²) in [6.07, 6.45) is 5.88. The van der Waals surface area contributed by atoms with Crippen LogP contribution in [0.25, 0.3) is 22.2 Å². The summed E-state index contributed by atoms with van der Waals surface area (Å²) in [5, 5.41) is 13.0. The lowest BCUT2D eigenvalue weighted by molar-refractivity contribution is -0.123. The van der Waals surface area contributed by atoms with E-state index < -0.39 is 11.5 Å². The van der Waals surface area contributed by atoms with Crippen molar-refractivity contribution in [1.29, 1.82) is 0 Å². The van der Waals surface area contributed by atoms with Crippen molar-refractivity contribution < 1.29 is 19.5 Å². The number of urea groups is 1. The molecule has 2 heterocycles. The zero-order valence-electron chi connectivity index (χ0n) is 22.5. The minimum atomic E-state index is -0.984. The topological polar surface area (TPSA) is 105 Å². The summed E-state index contributed by atoms with van der Waals surface area (Å²) in [4.78, 5) is 44.9. The number of aromatic nitrogens is 2. The fraction of sp³-hybridized carbons (Fsp3) is 0.312. The van der Waals surface area contributed by atoms with E-state index in [1.807, 2.05) is 54.6 Å². The smallest absolute Gasteiger partial charge is 0.336 e. The van der Waals surface area contributed by atoms with E-state index in [-0.39, 0.29) is 17.5 Å². The Hall–Kier alpha value is -4.46. The Labute approximate surface area is 232 Å². The lowest BCUT2D eigenvalue weighted by Crippen LogP contribution is -2.48. The van der Waals surface area contributed by atoms with Crippen LogP contribution in [0.2, 0.25) is 0 Å². The molecule has 0 radical (unpaired) electrons. The number of nitrogens with one attached hydrogen (secondary N) is 1. The Kier molecular flexibility index (Phi) is 6.62. The van der Waals surface area contributed by atoms with Crippen LogP contribution in [-0.2, 0) is 17.8 Å². The average Bonchev–Trinajstić information content (AvgIpc) is 3.41. The lowest BCUT2D eigenvalue weighted by atomic mass is 9.82. The molecule has 1 aliphatic heterocycles. The number of fused-ring (bicyclic) bond motifs is 1. The van der Waals surface area contributed by atoms with E-state index in [0.717, 1.165) is 60.1 Å². The third-order valence-corrected chi connectivity index (χ3v) is 8.15. The highest BCUT2D eigenvalue weighted by molar-refractivity contribution is 6.23. The largest absolute Gasteiger partial charge is 0.478 e. The molecule has 1 saturated carbocycles. The summed E-state index contributed by atoms with van der Waals surface area (Å²) >= 11 is 0. The highest BCUT2D eigenvalue weighted by atomic mass is 16.4. The number of aryl methyl sites for hydroxylation is 1. The molecule has 2 fully saturated rings. The number of carboxylic acid groups (broad SMARTS) is 1. The van der Waals surface area contributed by atoms with E-state index in [9.17, 15) is 19.5 Å². The molecule has 1 saturated heterocycles. The van der Waals surface area contributed by atoms with Crippen molar-refractivity contribution >= 4 is 34.6 Å². The van der Waals surface area contributed by atoms with Crippen molar-refractivity contribution in [3.63, 3.8) is 0 Å². The van der Waals surface area contributed by atoms with Gasteiger partial charge in [-0.05, 0) is 60.2 Å². The maximum atomic E-state index is 13.5. The molecule has 0 unspecified atom stereocenters. The average molecular weight is 537 g/mol. The molecule has 6 rings (SSSR count). The number of imide groups is 1. The maximum absolute atomic E-state index is 13.5. The van der Waals surface area contributed by atoms with Gasteiger partial charge in [0.15, 0.2) is 0 Å². The van der Waals surface area contributed by atoms with Gasteiger partial charge in [0.25, 0.3) is 5.91 Å². The first kappa shape index (κ1) is 25.8. The molecule has 3 aromatic carbocycles. The van der Waals surface area contributed by atoms with E-state index in [1.165, 1.54) is 4.90 Å². The van der Waals surface area contributed by atoms with Crippen LogP contribution in [0.15, 0.2) is 66.7 Å². The molecular formula is C32H32N4O4. The maximum Gasteiger partial charge on any atom is 0.336 e. The molecule has 4 aromatic rings. The molecule has 40 heavy (non-hydrogen) atoms. The Morgan fingerprint density at radius 3 is 2.50 bits per heavy atom. The molecule has 8 heteroatoms. The fourth-order valence-electron chi connectivity index (χ4n) is 6.16. The van der Waals surface area contributed by atoms with Crippen LogP contribution in [0.4, 0.5) is 10.5 Å². The summed E-state index contributed by atoms with van der Waals surface area (Å²) in [6, 6.07) is 20.1. The van der Waals surface area contributed by atoms with Crippen molar-refractivity contribution in [3.8, 4) is 11.1 Å². The number of nitrogens with zero attached hydrogens (tertiary/aromatic N) is 3. The highest BCUT2D eigenvalue weighted by Gasteiger charge is 2.51. The Morgan fingerprint density at radius 1 is 1.00 bits per heavy atom. The monoisotopic (exact) mass is 536 g/mol. The minimum Gasteiger partial charge on any atom is -0.478 e. The third-order valence-electron chi connectivity index (χ3n) is 8.15. The van der Waals surface area contributed by atoms with Crippen molar-refractivity contribution in [1.82, 2.24) is 14.9 Å². The zero-order valence-corrected chi connectivity index (χ0v) is 22.5. The number of carbonyl (C=O) groups excluding carboxylic acids is 2. The highest BCUT2D eigenvalue weighted by Crippen LogP contribution is 2.37. The molecule has 1 aliphatic carbocycles. The van der Waals surface area contributed by atoms with Crippen LogP contribution in [-0.4, -0.2) is 38.1 Å². The van der Waals surface area contributed by atoms with Gasteiger partial charge in [0.1, 0.15) is 11.4 Å². The van der Waals surface area contributed by atoms with Gasteiger partial charge in [0.2, 0.25) is 0 Å². The van der Waals surface area contributed by atoms with Crippen molar-refractivity contribution in [3.05, 3.63) is 83.7 Å². The standard InChI is InChI=1S/C32H32N4O4/c1-2-9-28-33-26-15-13-23(36-30(39)32(34-31(36)40)16-7-4-8-17-32)19-27(26)35(28)20-21-12-14-24(25(18-21)29(37)38)22-10-5-3-6-11-22/h3,5-6,10-15,18-19H,2,4,7-9,16-17,20H2,1H3,(H,34,40)(H,37,38). The molecular weight excluding hydrogens is 504 g/mol. The van der Waals surface area contributed by atoms with Gasteiger partial charge in [-0.25, -0.2) is 19.5 Å². The van der Waals surface area contributed by atoms with Crippen molar-refractivity contribution in [2.24, 2.45) is 0 Å². The predicted octanol–water partition coefficient (Wildman–Crippen LogP) is 6.16. The van der Waals surface area contributed by atoms with Crippen LogP contribution in [0, 0.1) is 0 Å². The van der Waals surface area contributed by atoms with Gasteiger partial charge < -0.3 is 15.0 Å². The molecule has 8 nitrogen and oxygen atoms in total. The number of hydrogen-bond donors (Lipinski definition) is 2. The second-order valence-corrected chi connectivity index (χ2v) is 10.8. The van der Waals surface area contributed by atoms with Gasteiger partial charge in [-0.3, -0.25) is 4.79 Å². The van der Waals surface area contributed by atoms with E-state index in [4.69, 9.17) is 4.98 Å². The third kappa shape index (κ3) is 4.43. The van der Waals surface area contributed by atoms with Crippen LogP contribution in [0.5, 0.6) is 0 Å². The van der Waals surface area contributed by atoms with E-state index in [0.29, 0.717) is 30.6 Å². The molecule has 204 valence electrons. The van der Waals surface area contributed by atoms with Gasteiger partial charge in [-0.2, -0.15) is 0 Å². The molecule has 0 atom stereocenters. The number of imidazole rings is 1. The quantitative estimate of drug-likeness (QED) is 0.275. The summed E-state index contributed by atoms with van der Waals surface area (Å²) < 4.78 is 2.07. The number of benzene rings is 3. The number of rotatable bonds is 7. The fourth-order valence-corrected chi connectivity index (χ4v) is 6.16. The number of amides is 3. The zero-order chi connectivity index (χ0) is 27.9. The van der Waals surface area contributed by atoms with E-state index in [1.54, 1.807) is 12.1 Å². The van der Waals surface area contributed by atoms with Crippen LogP contribution >= 0.6 is 0 Å². The number of carboxylic acids is 1. The van der Waals surface area contributed by atoms with Gasteiger partial charge in [-0.1, -0.05) is 68.7 Å². The first-order valence-corrected chi connectivity index (χ1v) is 14.0. The molecule has 3 amide bonds. The lowest BCUT2D eigenvalue weighted by Gasteiger charge is -2.30. The number of hydrogen-bond acceptors (Lipinski definition) is 4. The normalized spacial score (nSPS) is 16.6. The van der Waals surface area contributed by atoms with Crippen molar-refractivity contribution in [2.45, 2.75) is 64.0 Å². The summed E-state index contributed by atoms with van der Waals surface area (Å²) in [5.41, 5.74) is 3.87. The Morgan fingerprint density at radius 2 is 1.77 bits per heavy atom. The summed E-state index contributed by atoms with van der Waals surface area (Å²) in [7, 11) is 0. The van der Waals surface area contributed by atoms with Gasteiger partial charge >= 0.3 is 12.0 Å². The van der Waals surface area contributed by atoms with Gasteiger partial charge in [-0.15, -0.1) is 0 Å².